The zero-order valence-corrected chi connectivity index (χ0v) is 9.69. The van der Waals surface area contributed by atoms with Gasteiger partial charge < -0.3 is 9.47 Å². The monoisotopic (exact) mass is 216 g/mol. The van der Waals surface area contributed by atoms with Crippen LogP contribution in [0.3, 0.4) is 0 Å². The van der Waals surface area contributed by atoms with Gasteiger partial charge in [-0.3, -0.25) is 0 Å². The molecule has 0 amide bonds. The summed E-state index contributed by atoms with van der Waals surface area (Å²) in [5, 5.41) is 0. The normalized spacial score (nSPS) is 10.1. The molecule has 0 fully saturated rings. The Morgan fingerprint density at radius 1 is 1.06 bits per heavy atom. The molecule has 1 aromatic rings. The Labute approximate surface area is 96.5 Å². The predicted octanol–water partition coefficient (Wildman–Crippen LogP) is 3.42. The van der Waals surface area contributed by atoms with Gasteiger partial charge in [0.1, 0.15) is 11.5 Å². The van der Waals surface area contributed by atoms with Crippen molar-refractivity contribution in [3.8, 4) is 5.75 Å². The summed E-state index contributed by atoms with van der Waals surface area (Å²) in [5.74, 6) is 1.44. The average molecular weight is 216 g/mol. The second-order valence-electron chi connectivity index (χ2n) is 3.26. The standard InChI is InChI=1S/C14H16O2/c1-11(5-6-12(2)15-3)13-7-9-14(16-4)10-8-13/h5-10H,1-2H2,3-4H3/b6-5-. The van der Waals surface area contributed by atoms with Crippen LogP contribution in [-0.4, -0.2) is 14.2 Å². The highest BCUT2D eigenvalue weighted by atomic mass is 16.5. The first-order valence-electron chi connectivity index (χ1n) is 4.91. The summed E-state index contributed by atoms with van der Waals surface area (Å²) < 4.78 is 10.0. The molecule has 0 saturated heterocycles. The highest BCUT2D eigenvalue weighted by Crippen LogP contribution is 2.18. The first-order chi connectivity index (χ1) is 7.67. The van der Waals surface area contributed by atoms with Crippen LogP contribution in [0.4, 0.5) is 0 Å². The van der Waals surface area contributed by atoms with Gasteiger partial charge in [0.15, 0.2) is 0 Å². The molecule has 0 aliphatic rings. The fraction of sp³-hybridized carbons (Fsp3) is 0.143. The quantitative estimate of drug-likeness (QED) is 0.554. The Bertz CT molecular complexity index is 399. The van der Waals surface area contributed by atoms with Crippen LogP contribution >= 0.6 is 0 Å². The molecule has 0 aliphatic carbocycles. The molecule has 0 spiro atoms. The number of allylic oxidation sites excluding steroid dienone is 3. The van der Waals surface area contributed by atoms with Gasteiger partial charge in [-0.05, 0) is 29.3 Å². The fourth-order valence-electron chi connectivity index (χ4n) is 1.16. The van der Waals surface area contributed by atoms with E-state index >= 15 is 0 Å². The summed E-state index contributed by atoms with van der Waals surface area (Å²) in [5.41, 5.74) is 1.95. The van der Waals surface area contributed by atoms with Gasteiger partial charge >= 0.3 is 0 Å². The van der Waals surface area contributed by atoms with E-state index in [4.69, 9.17) is 9.47 Å². The number of rotatable bonds is 5. The summed E-state index contributed by atoms with van der Waals surface area (Å²) in [4.78, 5) is 0. The summed E-state index contributed by atoms with van der Waals surface area (Å²) in [6, 6.07) is 7.72. The maximum absolute atomic E-state index is 5.08. The molecule has 0 N–H and O–H groups in total. The van der Waals surface area contributed by atoms with Crippen molar-refractivity contribution >= 4 is 5.57 Å². The zero-order valence-electron chi connectivity index (χ0n) is 9.69. The smallest absolute Gasteiger partial charge is 0.118 e. The van der Waals surface area contributed by atoms with E-state index in [1.54, 1.807) is 20.3 Å². The Kier molecular flexibility index (Phi) is 4.40. The van der Waals surface area contributed by atoms with Crippen LogP contribution in [-0.2, 0) is 4.74 Å². The third-order valence-corrected chi connectivity index (χ3v) is 2.19. The van der Waals surface area contributed by atoms with Crippen molar-refractivity contribution in [2.24, 2.45) is 0 Å². The van der Waals surface area contributed by atoms with Crippen LogP contribution in [0.2, 0.25) is 0 Å². The van der Waals surface area contributed by atoms with Gasteiger partial charge in [-0.1, -0.05) is 31.4 Å². The lowest BCUT2D eigenvalue weighted by molar-refractivity contribution is 0.309. The van der Waals surface area contributed by atoms with E-state index in [0.29, 0.717) is 5.76 Å². The highest BCUT2D eigenvalue weighted by molar-refractivity contribution is 5.72. The fourth-order valence-corrected chi connectivity index (χ4v) is 1.16. The molecular formula is C14H16O2. The van der Waals surface area contributed by atoms with Crippen molar-refractivity contribution < 1.29 is 9.47 Å². The molecule has 1 rings (SSSR count). The molecule has 0 saturated carbocycles. The van der Waals surface area contributed by atoms with Gasteiger partial charge in [-0.25, -0.2) is 0 Å². The molecule has 0 radical (unpaired) electrons. The summed E-state index contributed by atoms with van der Waals surface area (Å²) in [6.07, 6.45) is 3.65. The maximum atomic E-state index is 5.08. The molecule has 0 unspecified atom stereocenters. The van der Waals surface area contributed by atoms with Gasteiger partial charge in [0.05, 0.1) is 14.2 Å². The topological polar surface area (TPSA) is 18.5 Å². The van der Waals surface area contributed by atoms with Gasteiger partial charge in [0.2, 0.25) is 0 Å². The molecule has 16 heavy (non-hydrogen) atoms. The van der Waals surface area contributed by atoms with Crippen LogP contribution in [0, 0.1) is 0 Å². The van der Waals surface area contributed by atoms with E-state index in [0.717, 1.165) is 16.9 Å². The molecule has 0 bridgehead atoms. The lowest BCUT2D eigenvalue weighted by Gasteiger charge is -2.03. The number of ether oxygens (including phenoxy) is 2. The SMILES string of the molecule is C=C(/C=C\C(=C)c1ccc(OC)cc1)OC. The number of benzene rings is 1. The second kappa shape index (κ2) is 5.81. The van der Waals surface area contributed by atoms with Crippen molar-refractivity contribution in [1.82, 2.24) is 0 Å². The molecule has 0 heterocycles. The van der Waals surface area contributed by atoms with E-state index in [2.05, 4.69) is 13.2 Å². The van der Waals surface area contributed by atoms with E-state index in [-0.39, 0.29) is 0 Å². The minimum Gasteiger partial charge on any atom is -0.497 e. The molecule has 0 atom stereocenters. The van der Waals surface area contributed by atoms with E-state index in [1.165, 1.54) is 0 Å². The van der Waals surface area contributed by atoms with Crippen LogP contribution < -0.4 is 4.74 Å². The first kappa shape index (κ1) is 12.1. The van der Waals surface area contributed by atoms with Crippen molar-refractivity contribution in [2.75, 3.05) is 14.2 Å². The number of methoxy groups -OCH3 is 2. The van der Waals surface area contributed by atoms with Gasteiger partial charge in [-0.2, -0.15) is 0 Å². The third kappa shape index (κ3) is 3.31. The van der Waals surface area contributed by atoms with E-state index in [9.17, 15) is 0 Å². The number of hydrogen-bond acceptors (Lipinski definition) is 2. The zero-order chi connectivity index (χ0) is 12.0. The van der Waals surface area contributed by atoms with Crippen LogP contribution in [0.25, 0.3) is 5.57 Å². The maximum Gasteiger partial charge on any atom is 0.118 e. The van der Waals surface area contributed by atoms with Crippen LogP contribution in [0.15, 0.2) is 55.3 Å². The van der Waals surface area contributed by atoms with Crippen molar-refractivity contribution in [2.45, 2.75) is 0 Å². The largest absolute Gasteiger partial charge is 0.497 e. The van der Waals surface area contributed by atoms with Gasteiger partial charge in [-0.15, -0.1) is 0 Å². The lowest BCUT2D eigenvalue weighted by Crippen LogP contribution is -1.84. The van der Waals surface area contributed by atoms with Crippen molar-refractivity contribution in [1.29, 1.82) is 0 Å². The van der Waals surface area contributed by atoms with Gasteiger partial charge in [0, 0.05) is 0 Å². The minimum atomic E-state index is 0.606. The molecule has 2 heteroatoms. The highest BCUT2D eigenvalue weighted by Gasteiger charge is 1.96. The van der Waals surface area contributed by atoms with E-state index in [1.807, 2.05) is 30.3 Å². The lowest BCUT2D eigenvalue weighted by atomic mass is 10.1. The first-order valence-corrected chi connectivity index (χ1v) is 4.91. The average Bonchev–Trinajstić information content (AvgIpc) is 2.35. The minimum absolute atomic E-state index is 0.606. The molecular weight excluding hydrogens is 200 g/mol. The molecule has 1 aromatic carbocycles. The van der Waals surface area contributed by atoms with Crippen LogP contribution in [0.5, 0.6) is 5.75 Å². The summed E-state index contributed by atoms with van der Waals surface area (Å²) in [7, 11) is 3.23. The third-order valence-electron chi connectivity index (χ3n) is 2.19. The Hall–Kier alpha value is -1.96. The Morgan fingerprint density at radius 3 is 2.19 bits per heavy atom. The van der Waals surface area contributed by atoms with Crippen LogP contribution in [0.1, 0.15) is 5.56 Å². The van der Waals surface area contributed by atoms with E-state index < -0.39 is 0 Å². The Morgan fingerprint density at radius 2 is 1.69 bits per heavy atom. The molecule has 0 aliphatic heterocycles. The van der Waals surface area contributed by atoms with Gasteiger partial charge in [0.25, 0.3) is 0 Å². The second-order valence-corrected chi connectivity index (χ2v) is 3.26. The predicted molar refractivity (Wildman–Crippen MR) is 67.3 cm³/mol. The Balaban J connectivity index is 2.73. The molecule has 84 valence electrons. The molecule has 2 nitrogen and oxygen atoms in total. The summed E-state index contributed by atoms with van der Waals surface area (Å²) in [6.45, 7) is 7.66. The number of hydrogen-bond donors (Lipinski definition) is 0. The summed E-state index contributed by atoms with van der Waals surface area (Å²) >= 11 is 0. The van der Waals surface area contributed by atoms with Crippen molar-refractivity contribution in [3.63, 3.8) is 0 Å². The van der Waals surface area contributed by atoms with Crippen molar-refractivity contribution in [3.05, 3.63) is 60.9 Å². The molecule has 0 aromatic heterocycles.